The Labute approximate surface area is 148 Å². The van der Waals surface area contributed by atoms with Gasteiger partial charge >= 0.3 is 0 Å². The van der Waals surface area contributed by atoms with E-state index in [1.807, 2.05) is 44.3 Å². The fraction of sp³-hybridized carbons (Fsp3) is 0.421. The summed E-state index contributed by atoms with van der Waals surface area (Å²) in [5.41, 5.74) is 3.02. The molecule has 0 spiro atoms. The number of benzene rings is 1. The average molecular weight is 340 g/mol. The van der Waals surface area contributed by atoms with Crippen LogP contribution in [0.15, 0.2) is 30.5 Å². The normalized spacial score (nSPS) is 14.0. The highest BCUT2D eigenvalue weighted by Gasteiger charge is 2.20. The zero-order valence-electron chi connectivity index (χ0n) is 14.8. The minimum atomic E-state index is -0.0163. The van der Waals surface area contributed by atoms with Crippen LogP contribution in [0.25, 0.3) is 0 Å². The fourth-order valence-electron chi connectivity index (χ4n) is 2.91. The quantitative estimate of drug-likeness (QED) is 0.875. The van der Waals surface area contributed by atoms with Gasteiger partial charge in [-0.1, -0.05) is 6.92 Å². The lowest BCUT2D eigenvalue weighted by atomic mass is 10.1. The van der Waals surface area contributed by atoms with Crippen LogP contribution in [0, 0.1) is 0 Å². The maximum absolute atomic E-state index is 12.3. The van der Waals surface area contributed by atoms with Gasteiger partial charge < -0.3 is 10.1 Å². The van der Waals surface area contributed by atoms with E-state index in [1.54, 1.807) is 0 Å². The zero-order chi connectivity index (χ0) is 17.6. The summed E-state index contributed by atoms with van der Waals surface area (Å²) in [6, 6.07) is 7.43. The van der Waals surface area contributed by atoms with Crippen molar-refractivity contribution in [1.82, 2.24) is 14.9 Å². The fourth-order valence-corrected chi connectivity index (χ4v) is 2.91. The molecule has 0 saturated heterocycles. The van der Waals surface area contributed by atoms with E-state index in [9.17, 15) is 4.79 Å². The van der Waals surface area contributed by atoms with Crippen LogP contribution in [0.3, 0.4) is 0 Å². The summed E-state index contributed by atoms with van der Waals surface area (Å²) in [5.74, 6) is 1.65. The van der Waals surface area contributed by atoms with Gasteiger partial charge in [0.05, 0.1) is 18.8 Å². The largest absolute Gasteiger partial charge is 0.494 e. The van der Waals surface area contributed by atoms with Crippen LogP contribution in [0.2, 0.25) is 0 Å². The molecular weight excluding hydrogens is 316 g/mol. The molecule has 0 fully saturated rings. The number of anilines is 1. The molecule has 0 bridgehead atoms. The molecule has 1 aromatic carbocycles. The molecule has 0 atom stereocenters. The lowest BCUT2D eigenvalue weighted by Crippen LogP contribution is -2.37. The Bertz CT molecular complexity index is 731. The lowest BCUT2D eigenvalue weighted by molar-refractivity contribution is -0.117. The molecule has 0 unspecified atom stereocenters. The molecule has 2 aromatic rings. The number of hydrogen-bond acceptors (Lipinski definition) is 5. The molecule has 2 heterocycles. The molecule has 1 aliphatic heterocycles. The van der Waals surface area contributed by atoms with Crippen LogP contribution >= 0.6 is 0 Å². The van der Waals surface area contributed by atoms with Gasteiger partial charge in [-0.25, -0.2) is 9.97 Å². The maximum atomic E-state index is 12.3. The van der Waals surface area contributed by atoms with Crippen molar-refractivity contribution in [3.63, 3.8) is 0 Å². The second kappa shape index (κ2) is 8.07. The van der Waals surface area contributed by atoms with E-state index in [2.05, 4.69) is 20.2 Å². The van der Waals surface area contributed by atoms with Crippen LogP contribution in [0.5, 0.6) is 5.75 Å². The van der Waals surface area contributed by atoms with Gasteiger partial charge in [0.2, 0.25) is 5.91 Å². The predicted molar refractivity (Wildman–Crippen MR) is 96.6 cm³/mol. The summed E-state index contributed by atoms with van der Waals surface area (Å²) in [6.45, 7) is 6.52. The van der Waals surface area contributed by atoms with E-state index >= 15 is 0 Å². The third-order valence-electron chi connectivity index (χ3n) is 4.21. The van der Waals surface area contributed by atoms with Crippen molar-refractivity contribution >= 4 is 11.6 Å². The molecule has 132 valence electrons. The first-order chi connectivity index (χ1) is 12.2. The zero-order valence-corrected chi connectivity index (χ0v) is 14.8. The van der Waals surface area contributed by atoms with Crippen molar-refractivity contribution in [2.45, 2.75) is 33.2 Å². The second-order valence-corrected chi connectivity index (χ2v) is 6.08. The number of aryl methyl sites for hydroxylation is 1. The van der Waals surface area contributed by atoms with Gasteiger partial charge in [0.1, 0.15) is 11.6 Å². The number of nitrogens with one attached hydrogen (secondary N) is 1. The van der Waals surface area contributed by atoms with Gasteiger partial charge in [0.25, 0.3) is 0 Å². The first-order valence-corrected chi connectivity index (χ1v) is 8.76. The lowest BCUT2D eigenvalue weighted by Gasteiger charge is -2.27. The summed E-state index contributed by atoms with van der Waals surface area (Å²) in [4.78, 5) is 23.4. The van der Waals surface area contributed by atoms with Gasteiger partial charge in [-0.3, -0.25) is 9.69 Å². The number of aromatic nitrogens is 2. The predicted octanol–water partition coefficient (Wildman–Crippen LogP) is 2.43. The van der Waals surface area contributed by atoms with Crippen LogP contribution in [0.1, 0.15) is 30.9 Å². The van der Waals surface area contributed by atoms with Crippen molar-refractivity contribution < 1.29 is 9.53 Å². The summed E-state index contributed by atoms with van der Waals surface area (Å²) >= 11 is 0. The Morgan fingerprint density at radius 1 is 1.28 bits per heavy atom. The molecule has 1 N–H and O–H groups in total. The standard InChI is InChI=1S/C19H24N4O2/c1-3-18-20-11-14-9-10-23(12-17(14)22-18)13-19(24)21-15-5-7-16(8-6-15)25-4-2/h5-8,11H,3-4,9-10,12-13H2,1-2H3,(H,21,24). The van der Waals surface area contributed by atoms with E-state index in [0.29, 0.717) is 19.7 Å². The van der Waals surface area contributed by atoms with Crippen LogP contribution in [-0.4, -0.2) is 40.5 Å². The topological polar surface area (TPSA) is 67.3 Å². The minimum Gasteiger partial charge on any atom is -0.494 e. The summed E-state index contributed by atoms with van der Waals surface area (Å²) in [6.07, 6.45) is 3.64. The van der Waals surface area contributed by atoms with Crippen molar-refractivity contribution in [3.05, 3.63) is 47.5 Å². The third-order valence-corrected chi connectivity index (χ3v) is 4.21. The summed E-state index contributed by atoms with van der Waals surface area (Å²) < 4.78 is 5.41. The van der Waals surface area contributed by atoms with Gasteiger partial charge in [0, 0.05) is 31.4 Å². The molecule has 6 heteroatoms. The Morgan fingerprint density at radius 3 is 2.80 bits per heavy atom. The summed E-state index contributed by atoms with van der Waals surface area (Å²) in [7, 11) is 0. The Hall–Kier alpha value is -2.47. The Kier molecular flexibility index (Phi) is 5.60. The monoisotopic (exact) mass is 340 g/mol. The molecule has 3 rings (SSSR count). The van der Waals surface area contributed by atoms with Crippen molar-refractivity contribution in [3.8, 4) is 5.75 Å². The first kappa shape index (κ1) is 17.4. The Balaban J connectivity index is 1.56. The molecule has 0 radical (unpaired) electrons. The average Bonchev–Trinajstić information content (AvgIpc) is 2.63. The van der Waals surface area contributed by atoms with Crippen LogP contribution < -0.4 is 10.1 Å². The van der Waals surface area contributed by atoms with E-state index < -0.39 is 0 Å². The van der Waals surface area contributed by atoms with E-state index in [4.69, 9.17) is 4.74 Å². The van der Waals surface area contributed by atoms with Gasteiger partial charge in [0.15, 0.2) is 0 Å². The number of hydrogen-bond donors (Lipinski definition) is 1. The van der Waals surface area contributed by atoms with E-state index in [0.717, 1.165) is 42.3 Å². The molecule has 6 nitrogen and oxygen atoms in total. The van der Waals surface area contributed by atoms with Gasteiger partial charge in [-0.05, 0) is 43.2 Å². The number of carbonyl (C=O) groups excluding carboxylic acids is 1. The van der Waals surface area contributed by atoms with E-state index in [1.165, 1.54) is 5.56 Å². The molecule has 0 aliphatic carbocycles. The van der Waals surface area contributed by atoms with Crippen LogP contribution in [0.4, 0.5) is 5.69 Å². The number of fused-ring (bicyclic) bond motifs is 1. The maximum Gasteiger partial charge on any atom is 0.238 e. The number of nitrogens with zero attached hydrogens (tertiary/aromatic N) is 3. The van der Waals surface area contributed by atoms with Crippen LogP contribution in [-0.2, 0) is 24.2 Å². The Morgan fingerprint density at radius 2 is 2.08 bits per heavy atom. The molecule has 0 saturated carbocycles. The highest BCUT2D eigenvalue weighted by atomic mass is 16.5. The van der Waals surface area contributed by atoms with Crippen molar-refractivity contribution in [2.75, 3.05) is 25.0 Å². The highest BCUT2D eigenvalue weighted by Crippen LogP contribution is 2.18. The summed E-state index contributed by atoms with van der Waals surface area (Å²) in [5, 5.41) is 2.94. The molecule has 25 heavy (non-hydrogen) atoms. The molecule has 1 aromatic heterocycles. The first-order valence-electron chi connectivity index (χ1n) is 8.76. The smallest absolute Gasteiger partial charge is 0.238 e. The van der Waals surface area contributed by atoms with Gasteiger partial charge in [-0.2, -0.15) is 0 Å². The second-order valence-electron chi connectivity index (χ2n) is 6.08. The van der Waals surface area contributed by atoms with E-state index in [-0.39, 0.29) is 5.91 Å². The molecule has 1 aliphatic rings. The van der Waals surface area contributed by atoms with Crippen molar-refractivity contribution in [2.24, 2.45) is 0 Å². The molecule has 1 amide bonds. The number of amides is 1. The van der Waals surface area contributed by atoms with Crippen molar-refractivity contribution in [1.29, 1.82) is 0 Å². The number of carbonyl (C=O) groups is 1. The number of ether oxygens (including phenoxy) is 1. The minimum absolute atomic E-state index is 0.0163. The number of rotatable bonds is 6. The SMILES string of the molecule is CCOc1ccc(NC(=O)CN2CCc3cnc(CC)nc3C2)cc1. The molecular formula is C19H24N4O2. The highest BCUT2D eigenvalue weighted by molar-refractivity contribution is 5.92. The third kappa shape index (κ3) is 4.54. The van der Waals surface area contributed by atoms with Gasteiger partial charge in [-0.15, -0.1) is 0 Å².